The van der Waals surface area contributed by atoms with Gasteiger partial charge < -0.3 is 5.11 Å². The Bertz CT molecular complexity index is 249. The first-order chi connectivity index (χ1) is 9.66. The van der Waals surface area contributed by atoms with E-state index in [1.165, 1.54) is 44.9 Å². The molecule has 0 radical (unpaired) electrons. The lowest BCUT2D eigenvalue weighted by molar-refractivity contribution is -0.137. The first-order valence-electron chi connectivity index (χ1n) is 8.40. The molecular formula is C17H32O3. The van der Waals surface area contributed by atoms with Crippen molar-refractivity contribution in [2.45, 2.75) is 96.8 Å². The maximum absolute atomic E-state index is 11.6. The summed E-state index contributed by atoms with van der Waals surface area (Å²) in [4.78, 5) is 21.9. The van der Waals surface area contributed by atoms with Crippen LogP contribution in [0, 0.1) is 0 Å². The summed E-state index contributed by atoms with van der Waals surface area (Å²) in [6, 6.07) is 0. The highest BCUT2D eigenvalue weighted by Crippen LogP contribution is 2.11. The third-order valence-corrected chi connectivity index (χ3v) is 3.66. The number of rotatable bonds is 15. The lowest BCUT2D eigenvalue weighted by Crippen LogP contribution is -1.98. The van der Waals surface area contributed by atoms with Crippen molar-refractivity contribution in [2.75, 3.05) is 0 Å². The van der Waals surface area contributed by atoms with E-state index in [4.69, 9.17) is 5.11 Å². The van der Waals surface area contributed by atoms with Crippen LogP contribution in [-0.4, -0.2) is 16.9 Å². The lowest BCUT2D eigenvalue weighted by Gasteiger charge is -2.02. The zero-order chi connectivity index (χ0) is 15.1. The molecule has 0 saturated carbocycles. The Morgan fingerprint density at radius 2 is 1.05 bits per heavy atom. The molecule has 0 saturated heterocycles. The minimum Gasteiger partial charge on any atom is -0.481 e. The molecule has 20 heavy (non-hydrogen) atoms. The van der Waals surface area contributed by atoms with Crippen LogP contribution in [0.1, 0.15) is 96.8 Å². The van der Waals surface area contributed by atoms with Gasteiger partial charge in [0.25, 0.3) is 0 Å². The fraction of sp³-hybridized carbons (Fsp3) is 0.882. The Balaban J connectivity index is 3.18. The number of carboxylic acid groups (broad SMARTS) is 1. The standard InChI is InChI=1S/C17H32O3/c1-2-3-4-5-6-7-8-10-13-16(18)14-11-9-12-15-17(19)20/h2-15H2,1H3,(H,19,20). The van der Waals surface area contributed by atoms with E-state index in [2.05, 4.69) is 6.92 Å². The smallest absolute Gasteiger partial charge is 0.303 e. The predicted molar refractivity (Wildman–Crippen MR) is 83.0 cm³/mol. The Morgan fingerprint density at radius 1 is 0.650 bits per heavy atom. The maximum Gasteiger partial charge on any atom is 0.303 e. The van der Waals surface area contributed by atoms with Gasteiger partial charge in [-0.2, -0.15) is 0 Å². The van der Waals surface area contributed by atoms with E-state index in [1.54, 1.807) is 0 Å². The third-order valence-electron chi connectivity index (χ3n) is 3.66. The van der Waals surface area contributed by atoms with Crippen LogP contribution < -0.4 is 0 Å². The van der Waals surface area contributed by atoms with Crippen molar-refractivity contribution in [3.05, 3.63) is 0 Å². The molecule has 0 heterocycles. The second-order valence-corrected chi connectivity index (χ2v) is 5.72. The largest absolute Gasteiger partial charge is 0.481 e. The second-order valence-electron chi connectivity index (χ2n) is 5.72. The molecule has 0 aromatic carbocycles. The molecular weight excluding hydrogens is 252 g/mol. The van der Waals surface area contributed by atoms with Crippen molar-refractivity contribution >= 4 is 11.8 Å². The van der Waals surface area contributed by atoms with Crippen molar-refractivity contribution in [1.29, 1.82) is 0 Å². The van der Waals surface area contributed by atoms with Crippen molar-refractivity contribution < 1.29 is 14.7 Å². The molecule has 0 atom stereocenters. The summed E-state index contributed by atoms with van der Waals surface area (Å²) < 4.78 is 0. The van der Waals surface area contributed by atoms with E-state index in [1.807, 2.05) is 0 Å². The summed E-state index contributed by atoms with van der Waals surface area (Å²) >= 11 is 0. The fourth-order valence-corrected chi connectivity index (χ4v) is 2.36. The van der Waals surface area contributed by atoms with Crippen molar-refractivity contribution in [3.8, 4) is 0 Å². The first-order valence-corrected chi connectivity index (χ1v) is 8.40. The van der Waals surface area contributed by atoms with E-state index < -0.39 is 5.97 Å². The number of hydrogen-bond donors (Lipinski definition) is 1. The summed E-state index contributed by atoms with van der Waals surface area (Å²) in [7, 11) is 0. The summed E-state index contributed by atoms with van der Waals surface area (Å²) in [6.07, 6.45) is 14.1. The molecule has 0 rings (SSSR count). The number of ketones is 1. The van der Waals surface area contributed by atoms with Crippen molar-refractivity contribution in [3.63, 3.8) is 0 Å². The number of unbranched alkanes of at least 4 members (excludes halogenated alkanes) is 9. The predicted octanol–water partition coefficient (Wildman–Crippen LogP) is 5.12. The second kappa shape index (κ2) is 14.5. The minimum absolute atomic E-state index is 0.228. The summed E-state index contributed by atoms with van der Waals surface area (Å²) in [5.41, 5.74) is 0. The van der Waals surface area contributed by atoms with Crippen molar-refractivity contribution in [1.82, 2.24) is 0 Å². The molecule has 0 bridgehead atoms. The molecule has 0 aliphatic carbocycles. The average Bonchev–Trinajstić information content (AvgIpc) is 2.41. The van der Waals surface area contributed by atoms with Gasteiger partial charge >= 0.3 is 5.97 Å². The number of hydrogen-bond acceptors (Lipinski definition) is 2. The van der Waals surface area contributed by atoms with Gasteiger partial charge in [0.1, 0.15) is 5.78 Å². The molecule has 3 nitrogen and oxygen atoms in total. The summed E-state index contributed by atoms with van der Waals surface area (Å²) in [5.74, 6) is -0.387. The Hall–Kier alpha value is -0.860. The highest BCUT2D eigenvalue weighted by atomic mass is 16.4. The van der Waals surface area contributed by atoms with Crippen LogP contribution in [0.2, 0.25) is 0 Å². The van der Waals surface area contributed by atoms with Gasteiger partial charge in [-0.05, 0) is 19.3 Å². The minimum atomic E-state index is -0.740. The fourth-order valence-electron chi connectivity index (χ4n) is 2.36. The normalized spacial score (nSPS) is 10.7. The first kappa shape index (κ1) is 19.1. The van der Waals surface area contributed by atoms with Crippen molar-refractivity contribution in [2.24, 2.45) is 0 Å². The van der Waals surface area contributed by atoms with Crippen LogP contribution in [0.4, 0.5) is 0 Å². The highest BCUT2D eigenvalue weighted by molar-refractivity contribution is 5.78. The quantitative estimate of drug-likeness (QED) is 0.424. The Kier molecular flexibility index (Phi) is 13.9. The highest BCUT2D eigenvalue weighted by Gasteiger charge is 2.02. The van der Waals surface area contributed by atoms with Gasteiger partial charge in [0.15, 0.2) is 0 Å². The Labute approximate surface area is 124 Å². The Morgan fingerprint density at radius 3 is 1.55 bits per heavy atom. The molecule has 0 aliphatic rings. The van der Waals surface area contributed by atoms with Gasteiger partial charge in [0, 0.05) is 19.3 Å². The average molecular weight is 284 g/mol. The number of carbonyl (C=O) groups is 2. The van der Waals surface area contributed by atoms with Crippen LogP contribution in [0.15, 0.2) is 0 Å². The van der Waals surface area contributed by atoms with Gasteiger partial charge in [-0.15, -0.1) is 0 Å². The topological polar surface area (TPSA) is 54.4 Å². The lowest BCUT2D eigenvalue weighted by atomic mass is 10.0. The van der Waals surface area contributed by atoms with Crippen LogP contribution in [-0.2, 0) is 9.59 Å². The van der Waals surface area contributed by atoms with Gasteiger partial charge in [-0.25, -0.2) is 0 Å². The molecule has 0 fully saturated rings. The monoisotopic (exact) mass is 284 g/mol. The van der Waals surface area contributed by atoms with Gasteiger partial charge in [0.2, 0.25) is 0 Å². The summed E-state index contributed by atoms with van der Waals surface area (Å²) in [5, 5.41) is 8.49. The van der Waals surface area contributed by atoms with E-state index in [-0.39, 0.29) is 6.42 Å². The van der Waals surface area contributed by atoms with E-state index >= 15 is 0 Å². The molecule has 0 amide bonds. The number of carboxylic acids is 1. The molecule has 0 aromatic rings. The SMILES string of the molecule is CCCCCCCCCCC(=O)CCCCCC(=O)O. The zero-order valence-corrected chi connectivity index (χ0v) is 13.2. The molecule has 0 unspecified atom stereocenters. The zero-order valence-electron chi connectivity index (χ0n) is 13.2. The number of carbonyl (C=O) groups excluding carboxylic acids is 1. The van der Waals surface area contributed by atoms with Crippen LogP contribution >= 0.6 is 0 Å². The van der Waals surface area contributed by atoms with Crippen LogP contribution in [0.5, 0.6) is 0 Å². The number of Topliss-reactive ketones (excluding diaryl/α,β-unsaturated/α-hetero) is 1. The summed E-state index contributed by atoms with van der Waals surface area (Å²) in [6.45, 7) is 2.23. The maximum atomic E-state index is 11.6. The molecule has 1 N–H and O–H groups in total. The number of aliphatic carboxylic acids is 1. The van der Waals surface area contributed by atoms with Gasteiger partial charge in [0.05, 0.1) is 0 Å². The molecule has 3 heteroatoms. The van der Waals surface area contributed by atoms with Crippen LogP contribution in [0.25, 0.3) is 0 Å². The molecule has 0 spiro atoms. The van der Waals surface area contributed by atoms with E-state index in [0.717, 1.165) is 19.3 Å². The molecule has 0 aliphatic heterocycles. The van der Waals surface area contributed by atoms with Gasteiger partial charge in [-0.3, -0.25) is 9.59 Å². The third kappa shape index (κ3) is 15.2. The van der Waals surface area contributed by atoms with E-state index in [0.29, 0.717) is 25.0 Å². The van der Waals surface area contributed by atoms with E-state index in [9.17, 15) is 9.59 Å². The molecule has 0 aromatic heterocycles. The van der Waals surface area contributed by atoms with Gasteiger partial charge in [-0.1, -0.05) is 58.3 Å². The molecule has 118 valence electrons. The van der Waals surface area contributed by atoms with Crippen LogP contribution in [0.3, 0.4) is 0 Å².